The zero-order valence-corrected chi connectivity index (χ0v) is 19.6. The summed E-state index contributed by atoms with van der Waals surface area (Å²) in [6.07, 6.45) is 2.51. The fourth-order valence-corrected chi connectivity index (χ4v) is 3.48. The van der Waals surface area contributed by atoms with E-state index in [1.54, 1.807) is 13.8 Å². The number of ether oxygens (including phenoxy) is 2. The van der Waals surface area contributed by atoms with Gasteiger partial charge >= 0.3 is 0 Å². The summed E-state index contributed by atoms with van der Waals surface area (Å²) in [6.45, 7) is 6.62. The molecule has 0 N–H and O–H groups in total. The van der Waals surface area contributed by atoms with Crippen molar-refractivity contribution in [3.05, 3.63) is 70.9 Å². The standard InChI is InChI=1S/C26H29ClN2O3/c1-18(30)26(2,3)32-17-22-14-25(29(28-22)15-21-7-4-5-10-24(21)27)20-8-6-9-23(13-20)31-16-19-11-12-19/h4-10,13-14,19H,11-12,15-17H2,1-3H3. The Morgan fingerprint density at radius 1 is 1.16 bits per heavy atom. The van der Waals surface area contributed by atoms with Crippen molar-refractivity contribution in [2.45, 2.75) is 52.4 Å². The zero-order valence-electron chi connectivity index (χ0n) is 18.8. The lowest BCUT2D eigenvalue weighted by Crippen LogP contribution is -2.32. The number of ketones is 1. The number of rotatable bonds is 10. The van der Waals surface area contributed by atoms with Gasteiger partial charge in [-0.05, 0) is 69.4 Å². The maximum absolute atomic E-state index is 11.8. The number of aromatic nitrogens is 2. The highest BCUT2D eigenvalue weighted by atomic mass is 35.5. The van der Waals surface area contributed by atoms with Gasteiger partial charge in [0, 0.05) is 10.6 Å². The van der Waals surface area contributed by atoms with Crippen LogP contribution in [0.2, 0.25) is 5.02 Å². The smallest absolute Gasteiger partial charge is 0.161 e. The van der Waals surface area contributed by atoms with Crippen molar-refractivity contribution in [3.63, 3.8) is 0 Å². The molecule has 1 fully saturated rings. The highest BCUT2D eigenvalue weighted by Gasteiger charge is 2.25. The average Bonchev–Trinajstić information content (AvgIpc) is 3.51. The molecule has 4 rings (SSSR count). The van der Waals surface area contributed by atoms with E-state index < -0.39 is 5.60 Å². The first kappa shape index (κ1) is 22.6. The summed E-state index contributed by atoms with van der Waals surface area (Å²) in [4.78, 5) is 11.8. The summed E-state index contributed by atoms with van der Waals surface area (Å²) in [7, 11) is 0. The molecule has 0 spiro atoms. The van der Waals surface area contributed by atoms with Crippen LogP contribution in [-0.2, 0) is 22.7 Å². The van der Waals surface area contributed by atoms with Gasteiger partial charge in [-0.3, -0.25) is 9.48 Å². The van der Waals surface area contributed by atoms with Crippen LogP contribution in [0.4, 0.5) is 0 Å². The lowest BCUT2D eigenvalue weighted by molar-refractivity contribution is -0.139. The molecule has 1 heterocycles. The summed E-state index contributed by atoms with van der Waals surface area (Å²) in [5.74, 6) is 1.53. The number of nitrogens with zero attached hydrogens (tertiary/aromatic N) is 2. The minimum atomic E-state index is -0.858. The van der Waals surface area contributed by atoms with E-state index in [-0.39, 0.29) is 12.4 Å². The normalized spacial score (nSPS) is 13.9. The first-order valence-corrected chi connectivity index (χ1v) is 11.4. The molecule has 1 aromatic heterocycles. The van der Waals surface area contributed by atoms with Crippen LogP contribution in [0.1, 0.15) is 44.9 Å². The average molecular weight is 453 g/mol. The van der Waals surface area contributed by atoms with E-state index in [1.165, 1.54) is 19.8 Å². The fraction of sp³-hybridized carbons (Fsp3) is 0.385. The Labute approximate surface area is 194 Å². The highest BCUT2D eigenvalue weighted by Crippen LogP contribution is 2.31. The maximum atomic E-state index is 11.8. The maximum Gasteiger partial charge on any atom is 0.161 e. The van der Waals surface area contributed by atoms with Gasteiger partial charge in [-0.25, -0.2) is 0 Å². The van der Waals surface area contributed by atoms with Crippen molar-refractivity contribution >= 4 is 17.4 Å². The molecule has 0 atom stereocenters. The molecule has 5 nitrogen and oxygen atoms in total. The second-order valence-electron chi connectivity index (χ2n) is 8.91. The monoisotopic (exact) mass is 452 g/mol. The van der Waals surface area contributed by atoms with Crippen LogP contribution in [-0.4, -0.2) is 27.8 Å². The zero-order chi connectivity index (χ0) is 22.7. The van der Waals surface area contributed by atoms with Gasteiger partial charge in [0.05, 0.1) is 31.1 Å². The van der Waals surface area contributed by atoms with E-state index in [0.29, 0.717) is 17.5 Å². The molecule has 6 heteroatoms. The summed E-state index contributed by atoms with van der Waals surface area (Å²) in [5.41, 5.74) is 2.83. The molecule has 2 aromatic carbocycles. The van der Waals surface area contributed by atoms with Gasteiger partial charge in [0.2, 0.25) is 0 Å². The van der Waals surface area contributed by atoms with Crippen molar-refractivity contribution in [2.75, 3.05) is 6.61 Å². The third-order valence-electron chi connectivity index (χ3n) is 5.85. The molecule has 0 saturated heterocycles. The predicted molar refractivity (Wildman–Crippen MR) is 126 cm³/mol. The Hall–Kier alpha value is -2.63. The Morgan fingerprint density at radius 3 is 2.66 bits per heavy atom. The van der Waals surface area contributed by atoms with E-state index in [0.717, 1.165) is 34.9 Å². The van der Waals surface area contributed by atoms with E-state index >= 15 is 0 Å². The summed E-state index contributed by atoms with van der Waals surface area (Å²) < 4.78 is 13.8. The largest absolute Gasteiger partial charge is 0.493 e. The first-order chi connectivity index (χ1) is 15.3. The third-order valence-corrected chi connectivity index (χ3v) is 6.22. The van der Waals surface area contributed by atoms with Gasteiger partial charge < -0.3 is 9.47 Å². The van der Waals surface area contributed by atoms with Crippen LogP contribution in [0, 0.1) is 5.92 Å². The van der Waals surface area contributed by atoms with Crippen molar-refractivity contribution in [1.82, 2.24) is 9.78 Å². The second-order valence-corrected chi connectivity index (χ2v) is 9.31. The minimum Gasteiger partial charge on any atom is -0.493 e. The number of benzene rings is 2. The SMILES string of the molecule is CC(=O)C(C)(C)OCc1cc(-c2cccc(OCC3CC3)c2)n(Cc2ccccc2Cl)n1. The molecular weight excluding hydrogens is 424 g/mol. The quantitative estimate of drug-likeness (QED) is 0.383. The summed E-state index contributed by atoms with van der Waals surface area (Å²) in [5, 5.41) is 5.48. The molecule has 1 aliphatic carbocycles. The van der Waals surface area contributed by atoms with Crippen LogP contribution in [0.3, 0.4) is 0 Å². The number of halogens is 1. The predicted octanol–water partition coefficient (Wildman–Crippen LogP) is 5.92. The third kappa shape index (κ3) is 5.59. The number of carbonyl (C=O) groups is 1. The van der Waals surface area contributed by atoms with E-state index in [2.05, 4.69) is 0 Å². The van der Waals surface area contributed by atoms with Crippen molar-refractivity contribution in [3.8, 4) is 17.0 Å². The van der Waals surface area contributed by atoms with Gasteiger partial charge in [0.1, 0.15) is 11.4 Å². The molecule has 0 amide bonds. The molecular formula is C26H29ClN2O3. The number of hydrogen-bond acceptors (Lipinski definition) is 4. The molecule has 1 saturated carbocycles. The van der Waals surface area contributed by atoms with Gasteiger partial charge in [-0.2, -0.15) is 5.10 Å². The van der Waals surface area contributed by atoms with Crippen LogP contribution in [0.5, 0.6) is 5.75 Å². The topological polar surface area (TPSA) is 53.4 Å². The molecule has 0 radical (unpaired) electrons. The molecule has 0 unspecified atom stereocenters. The van der Waals surface area contributed by atoms with E-state index in [4.69, 9.17) is 26.2 Å². The van der Waals surface area contributed by atoms with Crippen molar-refractivity contribution < 1.29 is 14.3 Å². The van der Waals surface area contributed by atoms with Crippen LogP contribution < -0.4 is 4.74 Å². The molecule has 3 aromatic rings. The minimum absolute atomic E-state index is 0.0197. The lowest BCUT2D eigenvalue weighted by Gasteiger charge is -2.21. The lowest BCUT2D eigenvalue weighted by atomic mass is 10.1. The molecule has 32 heavy (non-hydrogen) atoms. The van der Waals surface area contributed by atoms with Crippen LogP contribution in [0.15, 0.2) is 54.6 Å². The van der Waals surface area contributed by atoms with Crippen LogP contribution >= 0.6 is 11.6 Å². The Morgan fingerprint density at radius 2 is 1.94 bits per heavy atom. The van der Waals surface area contributed by atoms with Gasteiger partial charge in [-0.1, -0.05) is 41.9 Å². The number of hydrogen-bond donors (Lipinski definition) is 0. The fourth-order valence-electron chi connectivity index (χ4n) is 3.28. The summed E-state index contributed by atoms with van der Waals surface area (Å²) in [6, 6.07) is 17.9. The van der Waals surface area contributed by atoms with Gasteiger partial charge in [-0.15, -0.1) is 0 Å². The van der Waals surface area contributed by atoms with Crippen molar-refractivity contribution in [2.24, 2.45) is 5.92 Å². The Kier molecular flexibility index (Phi) is 6.68. The second kappa shape index (κ2) is 9.47. The van der Waals surface area contributed by atoms with E-state index in [1.807, 2.05) is 59.3 Å². The molecule has 0 bridgehead atoms. The first-order valence-electron chi connectivity index (χ1n) is 11.0. The summed E-state index contributed by atoms with van der Waals surface area (Å²) >= 11 is 6.41. The molecule has 0 aliphatic heterocycles. The Bertz CT molecular complexity index is 1100. The number of Topliss-reactive ketones (excluding diaryl/α,β-unsaturated/α-hetero) is 1. The van der Waals surface area contributed by atoms with Crippen LogP contribution in [0.25, 0.3) is 11.3 Å². The van der Waals surface area contributed by atoms with E-state index in [9.17, 15) is 4.79 Å². The van der Waals surface area contributed by atoms with Gasteiger partial charge in [0.25, 0.3) is 0 Å². The number of carbonyl (C=O) groups excluding carboxylic acids is 1. The highest BCUT2D eigenvalue weighted by molar-refractivity contribution is 6.31. The molecule has 1 aliphatic rings. The Balaban J connectivity index is 1.63. The van der Waals surface area contributed by atoms with Crippen molar-refractivity contribution in [1.29, 1.82) is 0 Å². The molecule has 168 valence electrons. The van der Waals surface area contributed by atoms with Gasteiger partial charge in [0.15, 0.2) is 5.78 Å².